The minimum Gasteiger partial charge on any atom is -0.381 e. The van der Waals surface area contributed by atoms with E-state index in [1.807, 2.05) is 13.0 Å². The maximum absolute atomic E-state index is 11.7. The van der Waals surface area contributed by atoms with Gasteiger partial charge in [-0.05, 0) is 18.8 Å². The number of amides is 2. The second kappa shape index (κ2) is 4.49. The molecule has 0 spiro atoms. The lowest BCUT2D eigenvalue weighted by Gasteiger charge is -2.39. The number of nitriles is 1. The SMILES string of the molecule is CC1CC(C#N)(C(=O)NCC(O)C(N)=O)C1. The molecule has 0 aromatic carbocycles. The van der Waals surface area contributed by atoms with E-state index in [9.17, 15) is 9.59 Å². The molecule has 0 aromatic heterocycles. The summed E-state index contributed by atoms with van der Waals surface area (Å²) in [5, 5.41) is 20.4. The third kappa shape index (κ3) is 2.31. The molecule has 6 heteroatoms. The molecule has 0 saturated heterocycles. The van der Waals surface area contributed by atoms with Crippen LogP contribution in [0.25, 0.3) is 0 Å². The lowest BCUT2D eigenvalue weighted by atomic mass is 9.63. The van der Waals surface area contributed by atoms with E-state index in [1.165, 1.54) is 0 Å². The topological polar surface area (TPSA) is 116 Å². The fraction of sp³-hybridized carbons (Fsp3) is 0.700. The molecular formula is C10H15N3O3. The number of carbonyl (C=O) groups is 2. The van der Waals surface area contributed by atoms with Crippen LogP contribution in [0.1, 0.15) is 19.8 Å². The van der Waals surface area contributed by atoms with E-state index in [0.29, 0.717) is 18.8 Å². The second-order valence-electron chi connectivity index (χ2n) is 4.34. The van der Waals surface area contributed by atoms with Crippen molar-refractivity contribution in [2.24, 2.45) is 17.1 Å². The second-order valence-corrected chi connectivity index (χ2v) is 4.34. The first kappa shape index (κ1) is 12.5. The number of hydrogen-bond donors (Lipinski definition) is 3. The molecule has 1 atom stereocenters. The number of nitrogens with one attached hydrogen (secondary N) is 1. The van der Waals surface area contributed by atoms with Crippen LogP contribution in [0.4, 0.5) is 0 Å². The Labute approximate surface area is 93.4 Å². The van der Waals surface area contributed by atoms with E-state index < -0.39 is 23.3 Å². The summed E-state index contributed by atoms with van der Waals surface area (Å²) in [5.74, 6) is -0.979. The quantitative estimate of drug-likeness (QED) is 0.562. The molecule has 0 aromatic rings. The van der Waals surface area contributed by atoms with E-state index in [2.05, 4.69) is 5.32 Å². The highest BCUT2D eigenvalue weighted by molar-refractivity contribution is 5.87. The first-order valence-corrected chi connectivity index (χ1v) is 5.08. The van der Waals surface area contributed by atoms with Gasteiger partial charge in [0, 0.05) is 0 Å². The highest BCUT2D eigenvalue weighted by Crippen LogP contribution is 2.44. The minimum atomic E-state index is -1.41. The molecule has 1 rings (SSSR count). The molecule has 1 fully saturated rings. The fourth-order valence-electron chi connectivity index (χ4n) is 1.92. The number of nitrogens with zero attached hydrogens (tertiary/aromatic N) is 1. The Balaban J connectivity index is 2.47. The van der Waals surface area contributed by atoms with E-state index in [-0.39, 0.29) is 6.54 Å². The van der Waals surface area contributed by atoms with E-state index in [1.54, 1.807) is 0 Å². The number of aliphatic hydroxyl groups is 1. The van der Waals surface area contributed by atoms with Crippen LogP contribution in [0.15, 0.2) is 0 Å². The van der Waals surface area contributed by atoms with Crippen LogP contribution >= 0.6 is 0 Å². The molecule has 1 aliphatic rings. The Morgan fingerprint density at radius 3 is 2.62 bits per heavy atom. The van der Waals surface area contributed by atoms with Gasteiger partial charge in [0.2, 0.25) is 11.8 Å². The summed E-state index contributed by atoms with van der Waals surface area (Å²) in [7, 11) is 0. The van der Waals surface area contributed by atoms with Crippen LogP contribution in [0.3, 0.4) is 0 Å². The molecule has 1 saturated carbocycles. The van der Waals surface area contributed by atoms with Gasteiger partial charge >= 0.3 is 0 Å². The molecule has 16 heavy (non-hydrogen) atoms. The summed E-state index contributed by atoms with van der Waals surface area (Å²) in [4.78, 5) is 22.2. The standard InChI is InChI=1S/C10H15N3O3/c1-6-2-10(3-6,5-11)9(16)13-4-7(14)8(12)15/h6-7,14H,2-4H2,1H3,(H2,12,15)(H,13,16). The number of carbonyl (C=O) groups excluding carboxylic acids is 2. The number of aliphatic hydroxyl groups excluding tert-OH is 1. The number of primary amides is 1. The van der Waals surface area contributed by atoms with Crippen LogP contribution in [-0.4, -0.2) is 29.6 Å². The summed E-state index contributed by atoms with van der Waals surface area (Å²) >= 11 is 0. The Morgan fingerprint density at radius 2 is 2.25 bits per heavy atom. The van der Waals surface area contributed by atoms with Crippen LogP contribution < -0.4 is 11.1 Å². The number of rotatable bonds is 4. The first-order chi connectivity index (χ1) is 7.41. The molecule has 2 amide bonds. The van der Waals surface area contributed by atoms with Gasteiger partial charge < -0.3 is 16.2 Å². The maximum Gasteiger partial charge on any atom is 0.248 e. The Kier molecular flexibility index (Phi) is 3.50. The zero-order valence-corrected chi connectivity index (χ0v) is 9.06. The number of nitrogens with two attached hydrogens (primary N) is 1. The normalized spacial score (nSPS) is 29.7. The molecule has 88 valence electrons. The first-order valence-electron chi connectivity index (χ1n) is 5.08. The average molecular weight is 225 g/mol. The van der Waals surface area contributed by atoms with Crippen molar-refractivity contribution < 1.29 is 14.7 Å². The molecule has 0 aliphatic heterocycles. The lowest BCUT2D eigenvalue weighted by molar-refractivity contribution is -0.135. The van der Waals surface area contributed by atoms with E-state index >= 15 is 0 Å². The average Bonchev–Trinajstić information content (AvgIpc) is 2.20. The predicted octanol–water partition coefficient (Wildman–Crippen LogP) is -1.11. The third-order valence-electron chi connectivity index (χ3n) is 2.83. The Bertz CT molecular complexity index is 342. The maximum atomic E-state index is 11.7. The van der Waals surface area contributed by atoms with Crippen molar-refractivity contribution in [3.8, 4) is 6.07 Å². The van der Waals surface area contributed by atoms with Crippen molar-refractivity contribution in [3.63, 3.8) is 0 Å². The zero-order chi connectivity index (χ0) is 12.3. The Morgan fingerprint density at radius 1 is 1.69 bits per heavy atom. The zero-order valence-electron chi connectivity index (χ0n) is 9.06. The van der Waals surface area contributed by atoms with Crippen LogP contribution in [-0.2, 0) is 9.59 Å². The molecule has 1 unspecified atom stereocenters. The molecular weight excluding hydrogens is 210 g/mol. The van der Waals surface area contributed by atoms with Crippen LogP contribution in [0, 0.1) is 22.7 Å². The summed E-state index contributed by atoms with van der Waals surface area (Å²) in [6.45, 7) is 1.72. The molecule has 6 nitrogen and oxygen atoms in total. The van der Waals surface area contributed by atoms with Crippen molar-refractivity contribution in [2.75, 3.05) is 6.54 Å². The van der Waals surface area contributed by atoms with Gasteiger partial charge in [0.05, 0.1) is 12.6 Å². The third-order valence-corrected chi connectivity index (χ3v) is 2.83. The van der Waals surface area contributed by atoms with Crippen molar-refractivity contribution in [1.29, 1.82) is 5.26 Å². The van der Waals surface area contributed by atoms with Gasteiger partial charge in [-0.3, -0.25) is 9.59 Å². The summed E-state index contributed by atoms with van der Waals surface area (Å²) < 4.78 is 0. The monoisotopic (exact) mass is 225 g/mol. The van der Waals surface area contributed by atoms with Gasteiger partial charge in [-0.15, -0.1) is 0 Å². The molecule has 0 bridgehead atoms. The van der Waals surface area contributed by atoms with Gasteiger partial charge in [-0.1, -0.05) is 6.92 Å². The van der Waals surface area contributed by atoms with Crippen molar-refractivity contribution in [1.82, 2.24) is 5.32 Å². The summed E-state index contributed by atoms with van der Waals surface area (Å²) in [6, 6.07) is 1.99. The highest BCUT2D eigenvalue weighted by Gasteiger charge is 2.48. The van der Waals surface area contributed by atoms with Crippen molar-refractivity contribution in [2.45, 2.75) is 25.9 Å². The van der Waals surface area contributed by atoms with Gasteiger partial charge in [0.25, 0.3) is 0 Å². The van der Waals surface area contributed by atoms with Crippen molar-refractivity contribution >= 4 is 11.8 Å². The largest absolute Gasteiger partial charge is 0.381 e. The van der Waals surface area contributed by atoms with Gasteiger partial charge in [0.15, 0.2) is 0 Å². The van der Waals surface area contributed by atoms with Gasteiger partial charge in [0.1, 0.15) is 11.5 Å². The van der Waals surface area contributed by atoms with Gasteiger partial charge in [-0.25, -0.2) is 0 Å². The molecule has 4 N–H and O–H groups in total. The smallest absolute Gasteiger partial charge is 0.248 e. The molecule has 0 radical (unpaired) electrons. The lowest BCUT2D eigenvalue weighted by Crippen LogP contribution is -2.50. The molecule has 1 aliphatic carbocycles. The summed E-state index contributed by atoms with van der Waals surface area (Å²) in [6.07, 6.45) is -0.374. The highest BCUT2D eigenvalue weighted by atomic mass is 16.3. The van der Waals surface area contributed by atoms with Crippen molar-refractivity contribution in [3.05, 3.63) is 0 Å². The van der Waals surface area contributed by atoms with Crippen LogP contribution in [0.2, 0.25) is 0 Å². The van der Waals surface area contributed by atoms with Gasteiger partial charge in [-0.2, -0.15) is 5.26 Å². The minimum absolute atomic E-state index is 0.244. The summed E-state index contributed by atoms with van der Waals surface area (Å²) in [5.41, 5.74) is 3.84. The fourth-order valence-corrected chi connectivity index (χ4v) is 1.92. The molecule has 0 heterocycles. The van der Waals surface area contributed by atoms with E-state index in [4.69, 9.17) is 16.1 Å². The Hall–Kier alpha value is -1.61. The van der Waals surface area contributed by atoms with Crippen LogP contribution in [0.5, 0.6) is 0 Å². The predicted molar refractivity (Wildman–Crippen MR) is 54.7 cm³/mol. The van der Waals surface area contributed by atoms with E-state index in [0.717, 1.165) is 0 Å². The number of hydrogen-bond acceptors (Lipinski definition) is 4.